The summed E-state index contributed by atoms with van der Waals surface area (Å²) in [6.07, 6.45) is 2.09. The Hall–Kier alpha value is -4.31. The number of hydrogen-bond acceptors (Lipinski definition) is 1. The number of hydrogen-bond donors (Lipinski definition) is 0. The van der Waals surface area contributed by atoms with Crippen LogP contribution in [0.15, 0.2) is 72.9 Å². The fraction of sp³-hybridized carbons (Fsp3) is 0.293. The van der Waals surface area contributed by atoms with E-state index in [1.165, 1.54) is 88.2 Å². The van der Waals surface area contributed by atoms with Crippen LogP contribution in [0, 0.1) is 27.7 Å². The van der Waals surface area contributed by atoms with E-state index in [0.717, 1.165) is 5.52 Å². The normalized spacial score (nSPS) is 13.5. The molecule has 3 nitrogen and oxygen atoms in total. The third kappa shape index (κ3) is 3.87. The first-order valence-electron chi connectivity index (χ1n) is 16.3. The third-order valence-corrected chi connectivity index (χ3v) is 10.1. The molecule has 0 N–H and O–H groups in total. The second-order valence-corrected chi connectivity index (χ2v) is 15.6. The number of aryl methyl sites for hydroxylation is 4. The standard InChI is InChI=1S/C41H42BN3/c1-23-17-25(3)37-29(19-23)30-20-24(2)18-26(4)38(30)45(37)42-32-13-11-12-14-33(32)44-34-21-27(40(5,6)7)22-43-36(34)28-15-16-31(41(8,9)10)35(42)39(28)44/h11-22H,1-10H3. The first-order chi connectivity index (χ1) is 21.3. The maximum atomic E-state index is 5.19. The average molecular weight is 588 g/mol. The fourth-order valence-corrected chi connectivity index (χ4v) is 8.27. The summed E-state index contributed by atoms with van der Waals surface area (Å²) < 4.78 is 5.23. The van der Waals surface area contributed by atoms with Crippen LogP contribution in [0.2, 0.25) is 0 Å². The zero-order valence-corrected chi connectivity index (χ0v) is 28.3. The monoisotopic (exact) mass is 587 g/mol. The molecule has 7 aromatic rings. The molecule has 0 saturated carbocycles. The van der Waals surface area contributed by atoms with E-state index in [-0.39, 0.29) is 17.7 Å². The van der Waals surface area contributed by atoms with Gasteiger partial charge in [-0.2, -0.15) is 0 Å². The predicted octanol–water partition coefficient (Wildman–Crippen LogP) is 9.08. The summed E-state index contributed by atoms with van der Waals surface area (Å²) in [5.41, 5.74) is 18.1. The molecule has 224 valence electrons. The smallest absolute Gasteiger partial charge is 0.332 e. The molecular weight excluding hydrogens is 545 g/mol. The lowest BCUT2D eigenvalue weighted by atomic mass is 9.46. The Kier molecular flexibility index (Phi) is 5.72. The van der Waals surface area contributed by atoms with E-state index in [9.17, 15) is 0 Å². The Morgan fingerprint density at radius 3 is 1.87 bits per heavy atom. The zero-order chi connectivity index (χ0) is 31.7. The topological polar surface area (TPSA) is 22.8 Å². The van der Waals surface area contributed by atoms with E-state index in [1.54, 1.807) is 0 Å². The molecule has 8 rings (SSSR count). The minimum absolute atomic E-state index is 0.000774. The molecule has 1 aliphatic heterocycles. The van der Waals surface area contributed by atoms with Crippen molar-refractivity contribution in [3.63, 3.8) is 0 Å². The maximum Gasteiger partial charge on any atom is 0.332 e. The van der Waals surface area contributed by atoms with Crippen LogP contribution in [0.5, 0.6) is 0 Å². The quantitative estimate of drug-likeness (QED) is 0.176. The van der Waals surface area contributed by atoms with Crippen LogP contribution in [-0.2, 0) is 10.8 Å². The SMILES string of the molecule is Cc1cc(C)c2c(c1)c1cc(C)cc(C)c1n2B1c2ccccc2-n2c3cc(C(C)(C)C)cnc3c3ccc(C(C)(C)C)c1c32. The van der Waals surface area contributed by atoms with Crippen molar-refractivity contribution in [1.29, 1.82) is 0 Å². The Labute approximate surface area is 267 Å². The molecule has 0 atom stereocenters. The first-order valence-corrected chi connectivity index (χ1v) is 16.3. The molecular formula is C41H42BN3. The molecule has 0 aliphatic carbocycles. The van der Waals surface area contributed by atoms with Gasteiger partial charge in [0, 0.05) is 39.1 Å². The van der Waals surface area contributed by atoms with E-state index < -0.39 is 0 Å². The van der Waals surface area contributed by atoms with E-state index in [0.29, 0.717) is 0 Å². The van der Waals surface area contributed by atoms with Gasteiger partial charge in [0.1, 0.15) is 0 Å². The molecule has 45 heavy (non-hydrogen) atoms. The minimum atomic E-state index is -0.0602. The number of fused-ring (bicyclic) bond motifs is 8. The van der Waals surface area contributed by atoms with E-state index in [1.807, 2.05) is 0 Å². The average Bonchev–Trinajstić information content (AvgIpc) is 3.46. The van der Waals surface area contributed by atoms with Gasteiger partial charge in [-0.3, -0.25) is 4.98 Å². The lowest BCUT2D eigenvalue weighted by Gasteiger charge is -2.33. The van der Waals surface area contributed by atoms with Gasteiger partial charge in [-0.05, 0) is 96.0 Å². The van der Waals surface area contributed by atoms with Gasteiger partial charge < -0.3 is 9.05 Å². The van der Waals surface area contributed by atoms with Crippen molar-refractivity contribution >= 4 is 61.5 Å². The van der Waals surface area contributed by atoms with Gasteiger partial charge in [0.05, 0.1) is 16.6 Å². The van der Waals surface area contributed by atoms with Gasteiger partial charge >= 0.3 is 6.85 Å². The van der Waals surface area contributed by atoms with Gasteiger partial charge in [-0.1, -0.05) is 95.1 Å². The predicted molar refractivity (Wildman–Crippen MR) is 195 cm³/mol. The molecule has 0 saturated heterocycles. The molecule has 0 amide bonds. The molecule has 3 aromatic heterocycles. The van der Waals surface area contributed by atoms with Crippen molar-refractivity contribution in [2.75, 3.05) is 0 Å². The van der Waals surface area contributed by atoms with Crippen molar-refractivity contribution in [3.8, 4) is 5.69 Å². The molecule has 1 aliphatic rings. The zero-order valence-electron chi connectivity index (χ0n) is 28.3. The van der Waals surface area contributed by atoms with Crippen molar-refractivity contribution in [2.24, 2.45) is 0 Å². The lowest BCUT2D eigenvalue weighted by molar-refractivity contribution is 0.588. The van der Waals surface area contributed by atoms with Crippen LogP contribution in [0.25, 0.3) is 49.4 Å². The molecule has 0 bridgehead atoms. The van der Waals surface area contributed by atoms with E-state index in [4.69, 9.17) is 4.98 Å². The molecule has 0 fully saturated rings. The molecule has 4 heterocycles. The van der Waals surface area contributed by atoms with Crippen LogP contribution < -0.4 is 10.9 Å². The number of rotatable bonds is 1. The number of nitrogens with zero attached hydrogens (tertiary/aromatic N) is 3. The second-order valence-electron chi connectivity index (χ2n) is 15.6. The van der Waals surface area contributed by atoms with Crippen molar-refractivity contribution in [1.82, 2.24) is 14.0 Å². The lowest BCUT2D eigenvalue weighted by Crippen LogP contribution is -2.55. The van der Waals surface area contributed by atoms with Crippen LogP contribution in [0.3, 0.4) is 0 Å². The van der Waals surface area contributed by atoms with Crippen molar-refractivity contribution in [2.45, 2.75) is 80.1 Å². The number of pyridine rings is 1. The van der Waals surface area contributed by atoms with Gasteiger partial charge in [0.2, 0.25) is 0 Å². The molecule has 0 unspecified atom stereocenters. The van der Waals surface area contributed by atoms with Gasteiger partial charge in [-0.15, -0.1) is 0 Å². The van der Waals surface area contributed by atoms with Crippen molar-refractivity contribution in [3.05, 3.63) is 106 Å². The molecule has 0 spiro atoms. The third-order valence-electron chi connectivity index (χ3n) is 10.1. The van der Waals surface area contributed by atoms with Crippen molar-refractivity contribution < 1.29 is 0 Å². The molecule has 4 aromatic carbocycles. The fourth-order valence-electron chi connectivity index (χ4n) is 8.27. The molecule has 4 heteroatoms. The number of aromatic nitrogens is 3. The largest absolute Gasteiger partial charge is 0.375 e. The number of benzene rings is 4. The maximum absolute atomic E-state index is 5.19. The molecule has 0 radical (unpaired) electrons. The summed E-state index contributed by atoms with van der Waals surface area (Å²) in [6, 6.07) is 25.7. The highest BCUT2D eigenvalue weighted by molar-refractivity contribution is 6.88. The summed E-state index contributed by atoms with van der Waals surface area (Å²) in [7, 11) is 0. The summed E-state index contributed by atoms with van der Waals surface area (Å²) in [5.74, 6) is 0. The highest BCUT2D eigenvalue weighted by atomic mass is 15.0. The van der Waals surface area contributed by atoms with Gasteiger partial charge in [-0.25, -0.2) is 0 Å². The Morgan fingerprint density at radius 2 is 1.27 bits per heavy atom. The highest BCUT2D eigenvalue weighted by Gasteiger charge is 2.40. The number of para-hydroxylation sites is 1. The van der Waals surface area contributed by atoms with E-state index >= 15 is 0 Å². The second kappa shape index (κ2) is 9.13. The van der Waals surface area contributed by atoms with E-state index in [2.05, 4.69) is 151 Å². The highest BCUT2D eigenvalue weighted by Crippen LogP contribution is 2.40. The van der Waals surface area contributed by atoms with Crippen LogP contribution in [0.1, 0.15) is 74.9 Å². The Bertz CT molecular complexity index is 2320. The minimum Gasteiger partial charge on any atom is -0.375 e. The Balaban J connectivity index is 1.64. The summed E-state index contributed by atoms with van der Waals surface area (Å²) >= 11 is 0. The van der Waals surface area contributed by atoms with Crippen LogP contribution >= 0.6 is 0 Å². The van der Waals surface area contributed by atoms with Crippen LogP contribution in [0.4, 0.5) is 0 Å². The summed E-state index contributed by atoms with van der Waals surface area (Å²) in [4.78, 5) is 5.19. The summed E-state index contributed by atoms with van der Waals surface area (Å²) in [6.45, 7) is 23.0. The first kappa shape index (κ1) is 28.2. The Morgan fingerprint density at radius 1 is 0.644 bits per heavy atom. The summed E-state index contributed by atoms with van der Waals surface area (Å²) in [5, 5.41) is 3.92. The van der Waals surface area contributed by atoms with Gasteiger partial charge in [0.15, 0.2) is 0 Å². The van der Waals surface area contributed by atoms with Gasteiger partial charge in [0.25, 0.3) is 0 Å². The van der Waals surface area contributed by atoms with Crippen LogP contribution in [-0.4, -0.2) is 20.9 Å².